The minimum absolute atomic E-state index is 0.103. The molecule has 0 aliphatic carbocycles. The number of aliphatic hydroxyl groups excluding tert-OH is 1. The smallest absolute Gasteiger partial charge is 0.305 e. The maximum absolute atomic E-state index is 12.2. The minimum Gasteiger partial charge on any atom is -0.460 e. The Bertz CT molecular complexity index is 712. The molecule has 0 radical (unpaired) electrons. The minimum atomic E-state index is -0.496. The van der Waals surface area contributed by atoms with Crippen molar-refractivity contribution in [3.05, 3.63) is 0 Å². The molecule has 0 amide bonds. The number of quaternary nitrogens is 2. The number of esters is 2. The molecule has 1 atom stereocenters. The van der Waals surface area contributed by atoms with E-state index in [4.69, 9.17) is 9.47 Å². The third-order valence-corrected chi connectivity index (χ3v) is 9.30. The van der Waals surface area contributed by atoms with Crippen molar-refractivity contribution >= 4 is 11.9 Å². The van der Waals surface area contributed by atoms with E-state index in [-0.39, 0.29) is 11.9 Å². The predicted octanol–water partition coefficient (Wildman–Crippen LogP) is 8.99. The molecular formula is C39H80N2O5+2. The summed E-state index contributed by atoms with van der Waals surface area (Å²) in [7, 11) is 8.27. The summed E-state index contributed by atoms with van der Waals surface area (Å²) in [6.45, 7) is 7.77. The van der Waals surface area contributed by atoms with E-state index < -0.39 is 6.10 Å². The van der Waals surface area contributed by atoms with Gasteiger partial charge < -0.3 is 23.5 Å². The van der Waals surface area contributed by atoms with Crippen molar-refractivity contribution in [2.24, 2.45) is 0 Å². The second kappa shape index (κ2) is 29.9. The lowest BCUT2D eigenvalue weighted by Gasteiger charge is -2.35. The van der Waals surface area contributed by atoms with E-state index in [2.05, 4.69) is 42.0 Å². The van der Waals surface area contributed by atoms with Crippen molar-refractivity contribution in [1.29, 1.82) is 0 Å². The summed E-state index contributed by atoms with van der Waals surface area (Å²) in [6.07, 6.45) is 28.5. The van der Waals surface area contributed by atoms with E-state index in [9.17, 15) is 14.7 Å². The van der Waals surface area contributed by atoms with Crippen LogP contribution >= 0.6 is 0 Å². The van der Waals surface area contributed by atoms with Crippen molar-refractivity contribution in [1.82, 2.24) is 0 Å². The molecule has 0 fully saturated rings. The molecule has 0 aromatic carbocycles. The standard InChI is InChI=1S/C39H80N2O5/c1-7-9-11-13-15-17-18-19-20-22-24-26-28-30-39(44)46-34-32-41(5,6)36-37(42)35-40(3,4)31-33-45-38(43)29-27-25-23-21-16-14-12-10-8-2/h37,42H,7-36H2,1-6H3/q+2. The highest BCUT2D eigenvalue weighted by atomic mass is 16.5. The molecule has 0 saturated heterocycles. The van der Waals surface area contributed by atoms with Crippen molar-refractivity contribution < 1.29 is 33.1 Å². The molecule has 0 rings (SSSR count). The number of aliphatic hydroxyl groups is 1. The molecule has 0 saturated carbocycles. The number of carbonyl (C=O) groups is 2. The summed E-state index contributed by atoms with van der Waals surface area (Å²) >= 11 is 0. The Morgan fingerprint density at radius 1 is 0.478 bits per heavy atom. The van der Waals surface area contributed by atoms with Gasteiger partial charge in [0.1, 0.15) is 39.4 Å². The number of likely N-dealkylation sites (N-methyl/N-ethyl adjacent to an activating group) is 2. The first-order valence-corrected chi connectivity index (χ1v) is 19.6. The lowest BCUT2D eigenvalue weighted by molar-refractivity contribution is -0.914. The van der Waals surface area contributed by atoms with Crippen LogP contribution in [0.5, 0.6) is 0 Å². The Morgan fingerprint density at radius 3 is 1.02 bits per heavy atom. The van der Waals surface area contributed by atoms with Gasteiger partial charge >= 0.3 is 11.9 Å². The van der Waals surface area contributed by atoms with Gasteiger partial charge in [-0.25, -0.2) is 0 Å². The molecule has 7 nitrogen and oxygen atoms in total. The van der Waals surface area contributed by atoms with Gasteiger partial charge in [-0.1, -0.05) is 142 Å². The van der Waals surface area contributed by atoms with Crippen LogP contribution in [0.15, 0.2) is 0 Å². The van der Waals surface area contributed by atoms with Crippen LogP contribution in [0.1, 0.15) is 168 Å². The van der Waals surface area contributed by atoms with Gasteiger partial charge in [-0.05, 0) is 12.8 Å². The highest BCUT2D eigenvalue weighted by molar-refractivity contribution is 5.69. The summed E-state index contributed by atoms with van der Waals surface area (Å²) in [5.41, 5.74) is 0. The molecule has 0 aromatic rings. The Balaban J connectivity index is 3.85. The highest BCUT2D eigenvalue weighted by Crippen LogP contribution is 2.14. The van der Waals surface area contributed by atoms with Crippen LogP contribution in [0.2, 0.25) is 0 Å². The Kier molecular flexibility index (Phi) is 29.2. The van der Waals surface area contributed by atoms with Gasteiger partial charge in [-0.2, -0.15) is 0 Å². The molecule has 0 bridgehead atoms. The topological polar surface area (TPSA) is 72.8 Å². The third-order valence-electron chi connectivity index (χ3n) is 9.30. The molecule has 0 aromatic heterocycles. The molecule has 0 aliphatic rings. The molecule has 1 N–H and O–H groups in total. The summed E-state index contributed by atoms with van der Waals surface area (Å²) in [5, 5.41) is 10.8. The first kappa shape index (κ1) is 44.8. The predicted molar refractivity (Wildman–Crippen MR) is 194 cm³/mol. The maximum Gasteiger partial charge on any atom is 0.305 e. The molecule has 46 heavy (non-hydrogen) atoms. The number of nitrogens with zero attached hydrogens (tertiary/aromatic N) is 2. The number of rotatable bonds is 34. The molecule has 1 unspecified atom stereocenters. The quantitative estimate of drug-likeness (QED) is 0.0425. The molecule has 7 heteroatoms. The van der Waals surface area contributed by atoms with Crippen LogP contribution in [0.3, 0.4) is 0 Å². The van der Waals surface area contributed by atoms with Gasteiger partial charge in [-0.15, -0.1) is 0 Å². The maximum atomic E-state index is 12.2. The lowest BCUT2D eigenvalue weighted by atomic mass is 10.0. The van der Waals surface area contributed by atoms with E-state index in [0.29, 0.717) is 61.2 Å². The molecular weight excluding hydrogens is 576 g/mol. The van der Waals surface area contributed by atoms with E-state index >= 15 is 0 Å². The van der Waals surface area contributed by atoms with Crippen molar-refractivity contribution in [3.8, 4) is 0 Å². The fourth-order valence-electron chi connectivity index (χ4n) is 6.21. The van der Waals surface area contributed by atoms with E-state index in [0.717, 1.165) is 25.7 Å². The average molecular weight is 657 g/mol. The van der Waals surface area contributed by atoms with Crippen LogP contribution in [-0.2, 0) is 19.1 Å². The van der Waals surface area contributed by atoms with Crippen molar-refractivity contribution in [3.63, 3.8) is 0 Å². The zero-order chi connectivity index (χ0) is 34.4. The van der Waals surface area contributed by atoms with Crippen LogP contribution in [0.25, 0.3) is 0 Å². The van der Waals surface area contributed by atoms with E-state index in [1.807, 2.05) is 0 Å². The van der Waals surface area contributed by atoms with Crippen LogP contribution < -0.4 is 0 Å². The first-order valence-electron chi connectivity index (χ1n) is 19.6. The summed E-state index contributed by atoms with van der Waals surface area (Å²) in [6, 6.07) is 0. The second-order valence-corrected chi connectivity index (χ2v) is 15.3. The van der Waals surface area contributed by atoms with Gasteiger partial charge in [-0.3, -0.25) is 9.59 Å². The third kappa shape index (κ3) is 31.4. The highest BCUT2D eigenvalue weighted by Gasteiger charge is 2.27. The Hall–Kier alpha value is -1.18. The molecule has 0 spiro atoms. The van der Waals surface area contributed by atoms with Crippen molar-refractivity contribution in [2.45, 2.75) is 174 Å². The number of unbranched alkanes of at least 4 members (excludes halogenated alkanes) is 20. The fraction of sp³-hybridized carbons (Fsp3) is 0.949. The van der Waals surface area contributed by atoms with Crippen LogP contribution in [0, 0.1) is 0 Å². The van der Waals surface area contributed by atoms with Crippen LogP contribution in [0.4, 0.5) is 0 Å². The van der Waals surface area contributed by atoms with Gasteiger partial charge in [0.15, 0.2) is 6.10 Å². The summed E-state index contributed by atoms with van der Waals surface area (Å²) in [4.78, 5) is 24.4. The Labute approximate surface area is 286 Å². The van der Waals surface area contributed by atoms with Crippen molar-refractivity contribution in [2.75, 3.05) is 67.6 Å². The molecule has 0 heterocycles. The van der Waals surface area contributed by atoms with Crippen LogP contribution in [-0.4, -0.2) is 99.7 Å². The van der Waals surface area contributed by atoms with Gasteiger partial charge in [0.2, 0.25) is 0 Å². The van der Waals surface area contributed by atoms with E-state index in [1.165, 1.54) is 116 Å². The Morgan fingerprint density at radius 2 is 0.739 bits per heavy atom. The van der Waals surface area contributed by atoms with Gasteiger partial charge in [0.25, 0.3) is 0 Å². The number of hydrogen-bond acceptors (Lipinski definition) is 5. The largest absolute Gasteiger partial charge is 0.460 e. The van der Waals surface area contributed by atoms with Gasteiger partial charge in [0, 0.05) is 12.8 Å². The molecule has 274 valence electrons. The van der Waals surface area contributed by atoms with E-state index in [1.54, 1.807) is 0 Å². The number of ether oxygens (including phenoxy) is 2. The molecule has 0 aliphatic heterocycles. The number of hydrogen-bond donors (Lipinski definition) is 1. The zero-order valence-corrected chi connectivity index (χ0v) is 31.8. The fourth-order valence-corrected chi connectivity index (χ4v) is 6.21. The monoisotopic (exact) mass is 657 g/mol. The summed E-state index contributed by atoms with van der Waals surface area (Å²) in [5.74, 6) is -0.210. The SMILES string of the molecule is CCCCCCCCCCCCCCCC(=O)OCC[N+](C)(C)CC(O)C[N+](C)(C)CCOC(=O)CCCCCCCCCCC. The number of carbonyl (C=O) groups excluding carboxylic acids is 2. The average Bonchev–Trinajstić information content (AvgIpc) is 2.97. The lowest BCUT2D eigenvalue weighted by Crippen LogP contribution is -2.54. The first-order chi connectivity index (χ1) is 22.0. The van der Waals surface area contributed by atoms with Gasteiger partial charge in [0.05, 0.1) is 28.2 Å². The normalized spacial score (nSPS) is 12.8. The zero-order valence-electron chi connectivity index (χ0n) is 31.8. The summed E-state index contributed by atoms with van der Waals surface area (Å²) < 4.78 is 12.2. The second-order valence-electron chi connectivity index (χ2n) is 15.3.